The molecule has 5 rings (SSSR count). The summed E-state index contributed by atoms with van der Waals surface area (Å²) in [6.45, 7) is 4.13. The van der Waals surface area contributed by atoms with Crippen molar-refractivity contribution in [2.24, 2.45) is 5.92 Å². The normalized spacial score (nSPS) is 15.0. The summed E-state index contributed by atoms with van der Waals surface area (Å²) < 4.78 is 7.02. The van der Waals surface area contributed by atoms with Gasteiger partial charge in [-0.3, -0.25) is 4.79 Å². The molecule has 2 aromatic heterocycles. The fourth-order valence-corrected chi connectivity index (χ4v) is 4.54. The number of amides is 1. The van der Waals surface area contributed by atoms with E-state index in [9.17, 15) is 4.79 Å². The molecule has 180 valence electrons. The molecule has 0 radical (unpaired) electrons. The zero-order valence-electron chi connectivity index (χ0n) is 20.0. The monoisotopic (exact) mass is 470 g/mol. The minimum absolute atomic E-state index is 0.0439. The van der Waals surface area contributed by atoms with E-state index in [1.54, 1.807) is 11.6 Å². The van der Waals surface area contributed by atoms with Gasteiger partial charge in [0.05, 0.1) is 7.11 Å². The lowest BCUT2D eigenvalue weighted by atomic mass is 9.91. The van der Waals surface area contributed by atoms with E-state index < -0.39 is 0 Å². The molecule has 0 aliphatic carbocycles. The van der Waals surface area contributed by atoms with Crippen LogP contribution in [0.25, 0.3) is 16.8 Å². The Labute approximate surface area is 204 Å². The molecule has 8 nitrogen and oxygen atoms in total. The number of rotatable bonds is 7. The maximum atomic E-state index is 12.7. The number of anilines is 2. The highest BCUT2D eigenvalue weighted by molar-refractivity contribution is 5.94. The number of fused-ring (bicyclic) bond motifs is 1. The van der Waals surface area contributed by atoms with Gasteiger partial charge in [0.2, 0.25) is 5.95 Å². The van der Waals surface area contributed by atoms with Gasteiger partial charge in [0.25, 0.3) is 5.91 Å². The van der Waals surface area contributed by atoms with Crippen molar-refractivity contribution in [2.45, 2.75) is 25.8 Å². The molecular formula is C27H30N6O2. The summed E-state index contributed by atoms with van der Waals surface area (Å²) >= 11 is 0. The molecule has 1 amide bonds. The number of piperidine rings is 1. The summed E-state index contributed by atoms with van der Waals surface area (Å²) in [4.78, 5) is 17.4. The standard InChI is InChI=1S/C27H30N6O2/c1-18(19-13-15-28-16-14-19)29-26(34)21-5-9-22(10-6-21)30-27-31-25-24(4-3-17-33(25)32-27)20-7-11-23(35-2)12-8-20/h3-12,17-19,28H,13-16H2,1-2H3,(H,29,34)(H,30,32). The third kappa shape index (κ3) is 5.12. The molecule has 8 heteroatoms. The van der Waals surface area contributed by atoms with Crippen molar-refractivity contribution in [3.8, 4) is 16.9 Å². The molecule has 3 N–H and O–H groups in total. The van der Waals surface area contributed by atoms with Gasteiger partial charge >= 0.3 is 0 Å². The zero-order valence-corrected chi connectivity index (χ0v) is 20.0. The summed E-state index contributed by atoms with van der Waals surface area (Å²) in [5.41, 5.74) is 4.22. The van der Waals surface area contributed by atoms with E-state index in [0.29, 0.717) is 17.4 Å². The number of carbonyl (C=O) groups is 1. The number of nitrogens with zero attached hydrogens (tertiary/aromatic N) is 3. The SMILES string of the molecule is COc1ccc(-c2cccn3nc(Nc4ccc(C(=O)NC(C)C5CCNCC5)cc4)nc23)cc1. The average molecular weight is 471 g/mol. The topological polar surface area (TPSA) is 92.6 Å². The molecule has 0 bridgehead atoms. The molecule has 0 spiro atoms. The van der Waals surface area contributed by atoms with Crippen LogP contribution in [0.3, 0.4) is 0 Å². The number of hydrogen-bond donors (Lipinski definition) is 3. The first-order chi connectivity index (χ1) is 17.1. The molecule has 1 aliphatic heterocycles. The summed E-state index contributed by atoms with van der Waals surface area (Å²) in [7, 11) is 1.65. The molecule has 0 saturated carbocycles. The van der Waals surface area contributed by atoms with Crippen LogP contribution in [0.1, 0.15) is 30.1 Å². The number of benzene rings is 2. The molecular weight excluding hydrogens is 440 g/mol. The summed E-state index contributed by atoms with van der Waals surface area (Å²) in [5, 5.41) is 14.3. The van der Waals surface area contributed by atoms with Crippen LogP contribution in [0.4, 0.5) is 11.6 Å². The molecule has 1 aliphatic rings. The second-order valence-electron chi connectivity index (χ2n) is 8.91. The summed E-state index contributed by atoms with van der Waals surface area (Å²) in [6.07, 6.45) is 4.06. The number of nitrogens with one attached hydrogen (secondary N) is 3. The number of methoxy groups -OCH3 is 1. The van der Waals surface area contributed by atoms with Gasteiger partial charge in [-0.05, 0) is 92.9 Å². The Kier molecular flexibility index (Phi) is 6.63. The summed E-state index contributed by atoms with van der Waals surface area (Å²) in [5.74, 6) is 1.77. The number of aromatic nitrogens is 3. The van der Waals surface area contributed by atoms with Gasteiger partial charge in [0.15, 0.2) is 5.65 Å². The van der Waals surface area contributed by atoms with Crippen molar-refractivity contribution < 1.29 is 9.53 Å². The molecule has 4 aromatic rings. The second kappa shape index (κ2) is 10.1. The molecule has 2 aromatic carbocycles. The number of hydrogen-bond acceptors (Lipinski definition) is 6. The quantitative estimate of drug-likeness (QED) is 0.374. The van der Waals surface area contributed by atoms with Crippen LogP contribution in [-0.4, -0.2) is 46.7 Å². The van der Waals surface area contributed by atoms with Crippen LogP contribution in [-0.2, 0) is 0 Å². The number of pyridine rings is 1. The lowest BCUT2D eigenvalue weighted by Gasteiger charge is -2.28. The zero-order chi connectivity index (χ0) is 24.2. The third-order valence-electron chi connectivity index (χ3n) is 6.62. The second-order valence-corrected chi connectivity index (χ2v) is 8.91. The van der Waals surface area contributed by atoms with Crippen LogP contribution in [0.2, 0.25) is 0 Å². The highest BCUT2D eigenvalue weighted by Crippen LogP contribution is 2.27. The Morgan fingerprint density at radius 1 is 1.09 bits per heavy atom. The van der Waals surface area contributed by atoms with Crippen molar-refractivity contribution in [1.82, 2.24) is 25.2 Å². The van der Waals surface area contributed by atoms with E-state index in [0.717, 1.165) is 54.1 Å². The average Bonchev–Trinajstić information content (AvgIpc) is 3.32. The maximum Gasteiger partial charge on any atom is 0.251 e. The van der Waals surface area contributed by atoms with E-state index in [2.05, 4.69) is 28.0 Å². The van der Waals surface area contributed by atoms with Crippen molar-refractivity contribution in [3.05, 3.63) is 72.4 Å². The van der Waals surface area contributed by atoms with Crippen LogP contribution in [0, 0.1) is 5.92 Å². The Bertz CT molecular complexity index is 1290. The maximum absolute atomic E-state index is 12.7. The van der Waals surface area contributed by atoms with Gasteiger partial charge in [-0.25, -0.2) is 4.52 Å². The van der Waals surface area contributed by atoms with Crippen molar-refractivity contribution in [2.75, 3.05) is 25.5 Å². The highest BCUT2D eigenvalue weighted by atomic mass is 16.5. The first-order valence-electron chi connectivity index (χ1n) is 12.0. The van der Waals surface area contributed by atoms with Crippen molar-refractivity contribution >= 4 is 23.2 Å². The smallest absolute Gasteiger partial charge is 0.251 e. The Morgan fingerprint density at radius 3 is 2.54 bits per heavy atom. The number of carbonyl (C=O) groups excluding carboxylic acids is 1. The highest BCUT2D eigenvalue weighted by Gasteiger charge is 2.21. The van der Waals surface area contributed by atoms with E-state index in [1.807, 2.05) is 66.9 Å². The Morgan fingerprint density at radius 2 is 1.83 bits per heavy atom. The van der Waals surface area contributed by atoms with Crippen LogP contribution in [0.15, 0.2) is 66.9 Å². The Hall–Kier alpha value is -3.91. The summed E-state index contributed by atoms with van der Waals surface area (Å²) in [6, 6.07) is 19.4. The van der Waals surface area contributed by atoms with E-state index in [4.69, 9.17) is 9.72 Å². The van der Waals surface area contributed by atoms with Gasteiger partial charge in [-0.2, -0.15) is 4.98 Å². The fourth-order valence-electron chi connectivity index (χ4n) is 4.54. The number of ether oxygens (including phenoxy) is 1. The molecule has 35 heavy (non-hydrogen) atoms. The molecule has 1 atom stereocenters. The minimum Gasteiger partial charge on any atom is -0.497 e. The van der Waals surface area contributed by atoms with Gasteiger partial charge < -0.3 is 20.7 Å². The van der Waals surface area contributed by atoms with Gasteiger partial charge in [-0.1, -0.05) is 12.1 Å². The lowest BCUT2D eigenvalue weighted by Crippen LogP contribution is -2.42. The first-order valence-corrected chi connectivity index (χ1v) is 12.0. The molecule has 1 saturated heterocycles. The first kappa shape index (κ1) is 22.9. The third-order valence-corrected chi connectivity index (χ3v) is 6.62. The van der Waals surface area contributed by atoms with Gasteiger partial charge in [-0.15, -0.1) is 5.10 Å². The van der Waals surface area contributed by atoms with Crippen LogP contribution >= 0.6 is 0 Å². The van der Waals surface area contributed by atoms with Gasteiger partial charge in [0.1, 0.15) is 5.75 Å². The van der Waals surface area contributed by atoms with E-state index in [1.165, 1.54) is 0 Å². The largest absolute Gasteiger partial charge is 0.497 e. The fraction of sp³-hybridized carbons (Fsp3) is 0.296. The van der Waals surface area contributed by atoms with Crippen molar-refractivity contribution in [1.29, 1.82) is 0 Å². The Balaban J connectivity index is 1.28. The lowest BCUT2D eigenvalue weighted by molar-refractivity contribution is 0.0920. The predicted octanol–water partition coefficient (Wildman–Crippen LogP) is 4.27. The minimum atomic E-state index is -0.0439. The molecule has 3 heterocycles. The predicted molar refractivity (Wildman–Crippen MR) is 137 cm³/mol. The molecule has 1 unspecified atom stereocenters. The van der Waals surface area contributed by atoms with E-state index in [-0.39, 0.29) is 11.9 Å². The molecule has 1 fully saturated rings. The van der Waals surface area contributed by atoms with E-state index >= 15 is 0 Å². The van der Waals surface area contributed by atoms with Gasteiger partial charge in [0, 0.05) is 29.1 Å². The van der Waals surface area contributed by atoms with Crippen LogP contribution < -0.4 is 20.7 Å². The van der Waals surface area contributed by atoms with Crippen LogP contribution in [0.5, 0.6) is 5.75 Å². The van der Waals surface area contributed by atoms with Crippen molar-refractivity contribution in [3.63, 3.8) is 0 Å².